The summed E-state index contributed by atoms with van der Waals surface area (Å²) in [6.45, 7) is 5.75. The predicted molar refractivity (Wildman–Crippen MR) is 104 cm³/mol. The monoisotopic (exact) mass is 374 g/mol. The summed E-state index contributed by atoms with van der Waals surface area (Å²) >= 11 is 0. The van der Waals surface area contributed by atoms with E-state index in [0.717, 1.165) is 25.9 Å². The third kappa shape index (κ3) is 2.82. The first-order valence-electron chi connectivity index (χ1n) is 9.47. The minimum Gasteiger partial charge on any atom is -0.497 e. The largest absolute Gasteiger partial charge is 0.497 e. The van der Waals surface area contributed by atoms with Gasteiger partial charge in [0.1, 0.15) is 17.9 Å². The normalized spacial score (nSPS) is 27.0. The van der Waals surface area contributed by atoms with Crippen molar-refractivity contribution in [2.75, 3.05) is 20.2 Å². The molecule has 1 aromatic heterocycles. The van der Waals surface area contributed by atoms with Crippen LogP contribution in [-0.2, 0) is 0 Å². The van der Waals surface area contributed by atoms with Crippen molar-refractivity contribution in [1.29, 1.82) is 10.5 Å². The van der Waals surface area contributed by atoms with E-state index in [9.17, 15) is 15.6 Å². The van der Waals surface area contributed by atoms with E-state index in [-0.39, 0.29) is 17.3 Å². The fourth-order valence-electron chi connectivity index (χ4n) is 4.79. The van der Waals surface area contributed by atoms with Gasteiger partial charge >= 0.3 is 0 Å². The van der Waals surface area contributed by atoms with Gasteiger partial charge in [0, 0.05) is 23.5 Å². The minimum atomic E-state index is -0.882. The number of fused-ring (bicyclic) bond motifs is 4. The summed E-state index contributed by atoms with van der Waals surface area (Å²) in [7, 11) is 1.57. The van der Waals surface area contributed by atoms with E-state index in [1.807, 2.05) is 12.1 Å². The Morgan fingerprint density at radius 3 is 2.82 bits per heavy atom. The van der Waals surface area contributed by atoms with Gasteiger partial charge in [-0.1, -0.05) is 6.08 Å². The number of rotatable bonds is 4. The van der Waals surface area contributed by atoms with Gasteiger partial charge in [0.25, 0.3) is 0 Å². The predicted octanol–water partition coefficient (Wildman–Crippen LogP) is 2.92. The van der Waals surface area contributed by atoms with E-state index in [4.69, 9.17) is 4.74 Å². The summed E-state index contributed by atoms with van der Waals surface area (Å²) in [5.41, 5.74) is 1.26. The highest BCUT2D eigenvalue weighted by molar-refractivity contribution is 5.87. The first-order valence-corrected chi connectivity index (χ1v) is 9.47. The smallest absolute Gasteiger partial charge is 0.159 e. The molecule has 4 heterocycles. The Labute approximate surface area is 164 Å². The first kappa shape index (κ1) is 18.4. The average molecular weight is 374 g/mol. The van der Waals surface area contributed by atoms with Crippen molar-refractivity contribution in [2.24, 2.45) is 11.8 Å². The lowest BCUT2D eigenvalue weighted by molar-refractivity contribution is -0.0445. The molecule has 28 heavy (non-hydrogen) atoms. The summed E-state index contributed by atoms with van der Waals surface area (Å²) < 4.78 is 5.33. The van der Waals surface area contributed by atoms with Crippen molar-refractivity contribution >= 4 is 10.9 Å². The van der Waals surface area contributed by atoms with E-state index in [0.29, 0.717) is 34.1 Å². The molecule has 1 aromatic carbocycles. The third-order valence-corrected chi connectivity index (χ3v) is 6.26. The van der Waals surface area contributed by atoms with Crippen LogP contribution in [0.5, 0.6) is 5.75 Å². The Hall–Kier alpha value is -2.93. The number of nitriles is 2. The number of hydrogen-bond donors (Lipinski definition) is 1. The molecule has 0 saturated carbocycles. The summed E-state index contributed by atoms with van der Waals surface area (Å²) in [5.74, 6) is 1.55. The van der Waals surface area contributed by atoms with Crippen LogP contribution < -0.4 is 4.74 Å². The van der Waals surface area contributed by atoms with E-state index in [1.54, 1.807) is 25.3 Å². The number of ether oxygens (including phenoxy) is 1. The van der Waals surface area contributed by atoms with E-state index in [2.05, 4.69) is 22.5 Å². The number of piperidine rings is 3. The summed E-state index contributed by atoms with van der Waals surface area (Å²) in [5, 5.41) is 31.4. The number of aliphatic hydroxyl groups excluding tert-OH is 1. The maximum atomic E-state index is 11.4. The molecule has 2 unspecified atom stereocenters. The Morgan fingerprint density at radius 2 is 2.21 bits per heavy atom. The summed E-state index contributed by atoms with van der Waals surface area (Å²) in [6, 6.07) is 9.33. The molecule has 3 aliphatic heterocycles. The van der Waals surface area contributed by atoms with Crippen LogP contribution in [0, 0.1) is 34.5 Å². The van der Waals surface area contributed by atoms with Gasteiger partial charge in [0.15, 0.2) is 5.69 Å². The van der Waals surface area contributed by atoms with Gasteiger partial charge in [-0.3, -0.25) is 4.90 Å². The molecule has 2 bridgehead atoms. The third-order valence-electron chi connectivity index (χ3n) is 6.26. The highest BCUT2D eigenvalue weighted by Gasteiger charge is 2.43. The van der Waals surface area contributed by atoms with Gasteiger partial charge in [-0.25, -0.2) is 4.98 Å². The topological polar surface area (TPSA) is 93.2 Å². The molecule has 5 atom stereocenters. The van der Waals surface area contributed by atoms with Crippen LogP contribution in [0.15, 0.2) is 30.9 Å². The standard InChI is InChI=1S/C22H22N4O2/c1-3-13-12-26-7-6-14(13)8-20(26)22(27)21-16-9-15(28-2)4-5-18(16)25-19(11-24)17(21)10-23/h3-5,9,13-14,20,22,27H,1,6-8,12H2,2H3/t13-,14?,20-,22-/m0/s1. The maximum absolute atomic E-state index is 11.4. The van der Waals surface area contributed by atoms with Crippen LogP contribution in [0.25, 0.3) is 10.9 Å². The van der Waals surface area contributed by atoms with Gasteiger partial charge in [0.05, 0.1) is 24.3 Å². The number of pyridine rings is 1. The molecule has 5 rings (SSSR count). The Kier molecular flexibility index (Phi) is 4.77. The second kappa shape index (κ2) is 7.24. The SMILES string of the molecule is C=C[C@H]1CN2CCC1C[C@H]2[C@H](O)c1c(C#N)c(C#N)nc2ccc(OC)cc12. The molecular weight excluding hydrogens is 352 g/mol. The van der Waals surface area contributed by atoms with Gasteiger partial charge < -0.3 is 9.84 Å². The van der Waals surface area contributed by atoms with Crippen molar-refractivity contribution in [3.63, 3.8) is 0 Å². The zero-order valence-corrected chi connectivity index (χ0v) is 15.8. The van der Waals surface area contributed by atoms with E-state index >= 15 is 0 Å². The number of aromatic nitrogens is 1. The lowest BCUT2D eigenvalue weighted by atomic mass is 9.73. The number of nitrogens with zero attached hydrogens (tertiary/aromatic N) is 4. The number of hydrogen-bond acceptors (Lipinski definition) is 6. The highest BCUT2D eigenvalue weighted by atomic mass is 16.5. The number of benzene rings is 1. The van der Waals surface area contributed by atoms with Crippen LogP contribution in [-0.4, -0.2) is 41.2 Å². The van der Waals surface area contributed by atoms with Crippen molar-refractivity contribution < 1.29 is 9.84 Å². The van der Waals surface area contributed by atoms with Crippen LogP contribution in [0.1, 0.15) is 35.8 Å². The number of aliphatic hydroxyl groups is 1. The first-order chi connectivity index (χ1) is 13.6. The molecule has 3 aliphatic rings. The van der Waals surface area contributed by atoms with Crippen molar-refractivity contribution in [3.05, 3.63) is 47.7 Å². The Bertz CT molecular complexity index is 1020. The number of methoxy groups -OCH3 is 1. The Morgan fingerprint density at radius 1 is 1.39 bits per heavy atom. The molecule has 3 fully saturated rings. The van der Waals surface area contributed by atoms with E-state index in [1.165, 1.54) is 0 Å². The molecule has 0 radical (unpaired) electrons. The summed E-state index contributed by atoms with van der Waals surface area (Å²) in [6.07, 6.45) is 3.08. The molecule has 1 N–H and O–H groups in total. The zero-order valence-electron chi connectivity index (χ0n) is 15.8. The Balaban J connectivity index is 1.86. The lowest BCUT2D eigenvalue weighted by Gasteiger charge is -2.50. The fraction of sp³-hybridized carbons (Fsp3) is 0.409. The van der Waals surface area contributed by atoms with Gasteiger partial charge in [-0.05, 0) is 49.4 Å². The molecule has 3 saturated heterocycles. The molecular formula is C22H22N4O2. The van der Waals surface area contributed by atoms with Gasteiger partial charge in [-0.2, -0.15) is 10.5 Å². The zero-order chi connectivity index (χ0) is 19.8. The van der Waals surface area contributed by atoms with Crippen LogP contribution in [0.2, 0.25) is 0 Å². The fourth-order valence-corrected chi connectivity index (χ4v) is 4.79. The lowest BCUT2D eigenvalue weighted by Crippen LogP contribution is -2.55. The minimum absolute atomic E-state index is 0.0501. The quantitative estimate of drug-likeness (QED) is 0.827. The maximum Gasteiger partial charge on any atom is 0.159 e. The van der Waals surface area contributed by atoms with Crippen molar-refractivity contribution in [3.8, 4) is 17.9 Å². The molecule has 142 valence electrons. The summed E-state index contributed by atoms with van der Waals surface area (Å²) in [4.78, 5) is 6.61. The highest BCUT2D eigenvalue weighted by Crippen LogP contribution is 2.43. The molecule has 6 nitrogen and oxygen atoms in total. The van der Waals surface area contributed by atoms with Gasteiger partial charge in [-0.15, -0.1) is 6.58 Å². The van der Waals surface area contributed by atoms with Crippen LogP contribution in [0.3, 0.4) is 0 Å². The van der Waals surface area contributed by atoms with Crippen molar-refractivity contribution in [2.45, 2.75) is 25.0 Å². The van der Waals surface area contributed by atoms with E-state index < -0.39 is 6.10 Å². The molecule has 6 heteroatoms. The van der Waals surface area contributed by atoms with Gasteiger partial charge in [0.2, 0.25) is 0 Å². The molecule has 2 aromatic rings. The second-order valence-corrected chi connectivity index (χ2v) is 7.55. The van der Waals surface area contributed by atoms with Crippen molar-refractivity contribution in [1.82, 2.24) is 9.88 Å². The average Bonchev–Trinajstić information content (AvgIpc) is 2.76. The van der Waals surface area contributed by atoms with Crippen LogP contribution in [0.4, 0.5) is 0 Å². The molecule has 0 amide bonds. The molecule has 0 aliphatic carbocycles. The molecule has 0 spiro atoms. The second-order valence-electron chi connectivity index (χ2n) is 7.55. The van der Waals surface area contributed by atoms with Crippen LogP contribution >= 0.6 is 0 Å².